The highest BCUT2D eigenvalue weighted by Crippen LogP contribution is 2.32. The van der Waals surface area contributed by atoms with Crippen molar-refractivity contribution in [2.45, 2.75) is 52.5 Å². The number of rotatable bonds is 4. The van der Waals surface area contributed by atoms with Gasteiger partial charge in [0.25, 0.3) is 0 Å². The summed E-state index contributed by atoms with van der Waals surface area (Å²) in [5.41, 5.74) is 3.67. The molecular weight excluding hydrogens is 280 g/mol. The Morgan fingerprint density at radius 3 is 2.86 bits per heavy atom. The fourth-order valence-electron chi connectivity index (χ4n) is 3.67. The lowest BCUT2D eigenvalue weighted by atomic mass is 9.80. The molecule has 0 bridgehead atoms. The predicted molar refractivity (Wildman–Crippen MR) is 90.0 cm³/mol. The van der Waals surface area contributed by atoms with Crippen LogP contribution in [0.3, 0.4) is 0 Å². The van der Waals surface area contributed by atoms with Crippen LogP contribution >= 0.6 is 11.6 Å². The van der Waals surface area contributed by atoms with Gasteiger partial charge in [-0.05, 0) is 42.9 Å². The fourth-order valence-corrected chi connectivity index (χ4v) is 3.84. The third-order valence-electron chi connectivity index (χ3n) is 5.01. The maximum Gasteiger partial charge on any atom is 0.111 e. The third-order valence-corrected chi connectivity index (χ3v) is 5.20. The molecule has 0 radical (unpaired) electrons. The van der Waals surface area contributed by atoms with E-state index in [2.05, 4.69) is 36.6 Å². The Balaban J connectivity index is 1.96. The number of aryl methyl sites for hydroxylation is 2. The highest BCUT2D eigenvalue weighted by atomic mass is 35.5. The van der Waals surface area contributed by atoms with E-state index in [1.54, 1.807) is 0 Å². The van der Waals surface area contributed by atoms with Crippen LogP contribution < -0.4 is 0 Å². The van der Waals surface area contributed by atoms with E-state index in [-0.39, 0.29) is 0 Å². The van der Waals surface area contributed by atoms with Crippen molar-refractivity contribution in [2.24, 2.45) is 11.8 Å². The number of halogens is 1. The van der Waals surface area contributed by atoms with Crippen molar-refractivity contribution in [3.05, 3.63) is 29.6 Å². The number of aromatic nitrogens is 2. The molecule has 2 aromatic rings. The monoisotopic (exact) mass is 304 g/mol. The molecule has 1 aromatic heterocycles. The first-order chi connectivity index (χ1) is 10.2. The van der Waals surface area contributed by atoms with Crippen molar-refractivity contribution in [1.29, 1.82) is 0 Å². The molecule has 114 valence electrons. The third kappa shape index (κ3) is 3.11. The lowest BCUT2D eigenvalue weighted by Gasteiger charge is -2.29. The molecule has 1 saturated carbocycles. The number of hydrogen-bond acceptors (Lipinski definition) is 1. The Labute approximate surface area is 132 Å². The van der Waals surface area contributed by atoms with Gasteiger partial charge in [0, 0.05) is 18.8 Å². The number of alkyl halides is 1. The molecule has 2 nitrogen and oxygen atoms in total. The van der Waals surface area contributed by atoms with Crippen LogP contribution in [-0.4, -0.2) is 15.4 Å². The molecule has 3 rings (SSSR count). The van der Waals surface area contributed by atoms with Gasteiger partial charge in [0.1, 0.15) is 5.82 Å². The molecule has 0 spiro atoms. The van der Waals surface area contributed by atoms with E-state index in [1.807, 2.05) is 0 Å². The fraction of sp³-hybridized carbons (Fsp3) is 0.611. The summed E-state index contributed by atoms with van der Waals surface area (Å²) in [6.07, 6.45) is 6.37. The smallest absolute Gasteiger partial charge is 0.111 e. The summed E-state index contributed by atoms with van der Waals surface area (Å²) in [6.45, 7) is 5.64. The average molecular weight is 305 g/mol. The van der Waals surface area contributed by atoms with Gasteiger partial charge in [-0.15, -0.1) is 11.6 Å². The normalized spacial score (nSPS) is 22.8. The van der Waals surface area contributed by atoms with Gasteiger partial charge in [0.05, 0.1) is 11.0 Å². The average Bonchev–Trinajstić information content (AvgIpc) is 2.79. The number of hydrogen-bond donors (Lipinski definition) is 0. The van der Waals surface area contributed by atoms with Crippen LogP contribution in [0.25, 0.3) is 11.0 Å². The molecule has 1 aromatic carbocycles. The van der Waals surface area contributed by atoms with Crippen LogP contribution in [-0.2, 0) is 13.0 Å². The Kier molecular flexibility index (Phi) is 4.54. The van der Waals surface area contributed by atoms with Gasteiger partial charge in [-0.3, -0.25) is 0 Å². The van der Waals surface area contributed by atoms with Crippen molar-refractivity contribution < 1.29 is 0 Å². The Morgan fingerprint density at radius 1 is 1.29 bits per heavy atom. The zero-order valence-corrected chi connectivity index (χ0v) is 13.9. The molecule has 0 aliphatic heterocycles. The van der Waals surface area contributed by atoms with E-state index in [0.29, 0.717) is 5.88 Å². The standard InChI is InChI=1S/C18H25ClN2/c1-13-7-8-17-16(11-13)20-18(9-10-19)21(17)12-15-6-4-3-5-14(15)2/h7-8,11,14-15H,3-6,9-10,12H2,1-2H3. The van der Waals surface area contributed by atoms with E-state index < -0.39 is 0 Å². The van der Waals surface area contributed by atoms with Crippen molar-refractivity contribution >= 4 is 22.6 Å². The summed E-state index contributed by atoms with van der Waals surface area (Å²) in [4.78, 5) is 4.83. The molecular formula is C18H25ClN2. The molecule has 2 unspecified atom stereocenters. The van der Waals surface area contributed by atoms with Crippen LogP contribution in [0.15, 0.2) is 18.2 Å². The predicted octanol–water partition coefficient (Wildman–Crippen LogP) is 4.95. The number of imidazole rings is 1. The minimum atomic E-state index is 0.641. The van der Waals surface area contributed by atoms with Crippen molar-refractivity contribution in [3.8, 4) is 0 Å². The van der Waals surface area contributed by atoms with E-state index in [9.17, 15) is 0 Å². The topological polar surface area (TPSA) is 17.8 Å². The van der Waals surface area contributed by atoms with Crippen LogP contribution in [0.2, 0.25) is 0 Å². The molecule has 21 heavy (non-hydrogen) atoms. The second kappa shape index (κ2) is 6.39. The maximum absolute atomic E-state index is 5.98. The van der Waals surface area contributed by atoms with Crippen molar-refractivity contribution in [1.82, 2.24) is 9.55 Å². The summed E-state index contributed by atoms with van der Waals surface area (Å²) in [5, 5.41) is 0. The first kappa shape index (κ1) is 14.9. The van der Waals surface area contributed by atoms with E-state index in [1.165, 1.54) is 36.8 Å². The molecule has 0 N–H and O–H groups in total. The first-order valence-electron chi connectivity index (χ1n) is 8.20. The van der Waals surface area contributed by atoms with E-state index >= 15 is 0 Å². The Morgan fingerprint density at radius 2 is 2.10 bits per heavy atom. The van der Waals surface area contributed by atoms with Crippen molar-refractivity contribution in [3.63, 3.8) is 0 Å². The van der Waals surface area contributed by atoms with Crippen molar-refractivity contribution in [2.75, 3.05) is 5.88 Å². The zero-order chi connectivity index (χ0) is 14.8. The highest BCUT2D eigenvalue weighted by Gasteiger charge is 2.23. The molecule has 0 saturated heterocycles. The summed E-state index contributed by atoms with van der Waals surface area (Å²) in [7, 11) is 0. The SMILES string of the molecule is Cc1ccc2c(c1)nc(CCCl)n2CC1CCCCC1C. The quantitative estimate of drug-likeness (QED) is 0.731. The van der Waals surface area contributed by atoms with E-state index in [0.717, 1.165) is 36.1 Å². The van der Waals surface area contributed by atoms with Gasteiger partial charge in [-0.2, -0.15) is 0 Å². The Bertz CT molecular complexity index is 617. The molecule has 1 heterocycles. The molecule has 1 aliphatic carbocycles. The van der Waals surface area contributed by atoms with Gasteiger partial charge >= 0.3 is 0 Å². The van der Waals surface area contributed by atoms with Gasteiger partial charge < -0.3 is 4.57 Å². The van der Waals surface area contributed by atoms with Gasteiger partial charge in [0.2, 0.25) is 0 Å². The zero-order valence-electron chi connectivity index (χ0n) is 13.1. The Hall–Kier alpha value is -1.02. The molecule has 2 atom stereocenters. The first-order valence-corrected chi connectivity index (χ1v) is 8.74. The molecule has 3 heteroatoms. The largest absolute Gasteiger partial charge is 0.328 e. The van der Waals surface area contributed by atoms with Crippen LogP contribution in [0.5, 0.6) is 0 Å². The lowest BCUT2D eigenvalue weighted by Crippen LogP contribution is -2.23. The minimum absolute atomic E-state index is 0.641. The molecule has 1 fully saturated rings. The van der Waals surface area contributed by atoms with Gasteiger partial charge in [0.15, 0.2) is 0 Å². The van der Waals surface area contributed by atoms with E-state index in [4.69, 9.17) is 16.6 Å². The second-order valence-corrected chi connectivity index (χ2v) is 6.97. The molecule has 0 amide bonds. The summed E-state index contributed by atoms with van der Waals surface area (Å²) >= 11 is 5.98. The minimum Gasteiger partial charge on any atom is -0.328 e. The molecule has 1 aliphatic rings. The number of nitrogens with zero attached hydrogens (tertiary/aromatic N) is 2. The highest BCUT2D eigenvalue weighted by molar-refractivity contribution is 6.17. The summed E-state index contributed by atoms with van der Waals surface area (Å²) in [5.74, 6) is 3.41. The van der Waals surface area contributed by atoms with Gasteiger partial charge in [-0.1, -0.05) is 32.3 Å². The number of fused-ring (bicyclic) bond motifs is 1. The maximum atomic E-state index is 5.98. The summed E-state index contributed by atoms with van der Waals surface area (Å²) < 4.78 is 2.43. The lowest BCUT2D eigenvalue weighted by molar-refractivity contribution is 0.229. The van der Waals surface area contributed by atoms with Gasteiger partial charge in [-0.25, -0.2) is 4.98 Å². The summed E-state index contributed by atoms with van der Waals surface area (Å²) in [6, 6.07) is 6.60. The second-order valence-electron chi connectivity index (χ2n) is 6.59. The van der Waals surface area contributed by atoms with Crippen LogP contribution in [0.4, 0.5) is 0 Å². The van der Waals surface area contributed by atoms with Crippen LogP contribution in [0.1, 0.15) is 44.0 Å². The number of benzene rings is 1. The van der Waals surface area contributed by atoms with Crippen LogP contribution in [0, 0.1) is 18.8 Å².